The average Bonchev–Trinajstić information content (AvgIpc) is 2.38. The van der Waals surface area contributed by atoms with Gasteiger partial charge in [-0.1, -0.05) is 25.1 Å². The second-order valence-electron chi connectivity index (χ2n) is 4.40. The lowest BCUT2D eigenvalue weighted by molar-refractivity contribution is -0.136. The average molecular weight is 275 g/mol. The predicted molar refractivity (Wildman–Crippen MR) is 69.3 cm³/mol. The van der Waals surface area contributed by atoms with Crippen LogP contribution in [0, 0.1) is 0 Å². The molecule has 108 valence electrons. The smallest absolute Gasteiger partial charge is 0.389 e. The summed E-state index contributed by atoms with van der Waals surface area (Å²) in [5, 5.41) is 3.15. The zero-order valence-corrected chi connectivity index (χ0v) is 11.3. The van der Waals surface area contributed by atoms with E-state index >= 15 is 0 Å². The van der Waals surface area contributed by atoms with Crippen LogP contribution in [-0.4, -0.2) is 19.8 Å². The number of nitrogens with one attached hydrogen (secondary N) is 1. The number of rotatable bonds is 7. The molecule has 0 radical (unpaired) electrons. The van der Waals surface area contributed by atoms with Crippen LogP contribution in [0.25, 0.3) is 0 Å². The molecule has 5 heteroatoms. The number of methoxy groups -OCH3 is 1. The molecule has 0 spiro atoms. The summed E-state index contributed by atoms with van der Waals surface area (Å²) in [7, 11) is 1.53. The zero-order valence-electron chi connectivity index (χ0n) is 11.3. The molecule has 0 aliphatic carbocycles. The molecule has 0 saturated heterocycles. The van der Waals surface area contributed by atoms with E-state index in [0.717, 1.165) is 12.0 Å². The standard InChI is InChI=1S/C14H20F3NO/c1-3-10-18-12(8-9-14(15,16)17)11-6-4-5-7-13(11)19-2/h4-7,12,18H,3,8-10H2,1-2H3. The maximum absolute atomic E-state index is 12.4. The molecular weight excluding hydrogens is 255 g/mol. The number of para-hydroxylation sites is 1. The first-order valence-electron chi connectivity index (χ1n) is 6.41. The summed E-state index contributed by atoms with van der Waals surface area (Å²) in [6, 6.07) is 6.86. The van der Waals surface area contributed by atoms with Gasteiger partial charge in [0, 0.05) is 18.0 Å². The molecule has 2 nitrogen and oxygen atoms in total. The van der Waals surface area contributed by atoms with Crippen molar-refractivity contribution in [2.45, 2.75) is 38.4 Å². The monoisotopic (exact) mass is 275 g/mol. The van der Waals surface area contributed by atoms with E-state index in [2.05, 4.69) is 5.32 Å². The molecule has 0 aliphatic heterocycles. The Morgan fingerprint density at radius 3 is 2.53 bits per heavy atom. The maximum Gasteiger partial charge on any atom is 0.389 e. The van der Waals surface area contributed by atoms with Gasteiger partial charge in [-0.15, -0.1) is 0 Å². The van der Waals surface area contributed by atoms with Crippen LogP contribution in [0.3, 0.4) is 0 Å². The Balaban J connectivity index is 2.82. The van der Waals surface area contributed by atoms with Gasteiger partial charge in [-0.25, -0.2) is 0 Å². The van der Waals surface area contributed by atoms with E-state index in [4.69, 9.17) is 4.74 Å². The van der Waals surface area contributed by atoms with Crippen molar-refractivity contribution in [2.24, 2.45) is 0 Å². The molecule has 19 heavy (non-hydrogen) atoms. The third-order valence-electron chi connectivity index (χ3n) is 2.87. The van der Waals surface area contributed by atoms with Gasteiger partial charge >= 0.3 is 6.18 Å². The van der Waals surface area contributed by atoms with Crippen molar-refractivity contribution in [1.29, 1.82) is 0 Å². The lowest BCUT2D eigenvalue weighted by Gasteiger charge is -2.21. The first-order valence-corrected chi connectivity index (χ1v) is 6.41. The van der Waals surface area contributed by atoms with Gasteiger partial charge in [-0.2, -0.15) is 13.2 Å². The van der Waals surface area contributed by atoms with E-state index in [-0.39, 0.29) is 12.5 Å². The largest absolute Gasteiger partial charge is 0.496 e. The van der Waals surface area contributed by atoms with Gasteiger partial charge < -0.3 is 10.1 Å². The van der Waals surface area contributed by atoms with Crippen molar-refractivity contribution < 1.29 is 17.9 Å². The Morgan fingerprint density at radius 1 is 1.26 bits per heavy atom. The Morgan fingerprint density at radius 2 is 1.95 bits per heavy atom. The molecule has 0 bridgehead atoms. The zero-order chi connectivity index (χ0) is 14.3. The summed E-state index contributed by atoms with van der Waals surface area (Å²) in [4.78, 5) is 0. The molecule has 1 aromatic rings. The highest BCUT2D eigenvalue weighted by atomic mass is 19.4. The molecule has 0 aliphatic rings. The van der Waals surface area contributed by atoms with Crippen LogP contribution in [0.2, 0.25) is 0 Å². The number of benzene rings is 1. The second kappa shape index (κ2) is 7.38. The molecule has 0 fully saturated rings. The van der Waals surface area contributed by atoms with Crippen LogP contribution in [-0.2, 0) is 0 Å². The molecule has 1 N–H and O–H groups in total. The van der Waals surface area contributed by atoms with Gasteiger partial charge in [0.15, 0.2) is 0 Å². The van der Waals surface area contributed by atoms with E-state index < -0.39 is 12.6 Å². The molecular formula is C14H20F3NO. The van der Waals surface area contributed by atoms with Gasteiger partial charge in [0.25, 0.3) is 0 Å². The van der Waals surface area contributed by atoms with E-state index in [1.807, 2.05) is 25.1 Å². The highest BCUT2D eigenvalue weighted by molar-refractivity contribution is 5.35. The minimum absolute atomic E-state index is 0.0177. The normalized spacial score (nSPS) is 13.3. The van der Waals surface area contributed by atoms with Gasteiger partial charge in [-0.3, -0.25) is 0 Å². The Kier molecular flexibility index (Phi) is 6.15. The van der Waals surface area contributed by atoms with Crippen LogP contribution in [0.15, 0.2) is 24.3 Å². The van der Waals surface area contributed by atoms with Gasteiger partial charge in [0.05, 0.1) is 7.11 Å². The third-order valence-corrected chi connectivity index (χ3v) is 2.87. The highest BCUT2D eigenvalue weighted by Gasteiger charge is 2.29. The van der Waals surface area contributed by atoms with Crippen molar-refractivity contribution in [3.63, 3.8) is 0 Å². The molecule has 0 amide bonds. The summed E-state index contributed by atoms with van der Waals surface area (Å²) >= 11 is 0. The SMILES string of the molecule is CCCNC(CCC(F)(F)F)c1ccccc1OC. The van der Waals surface area contributed by atoms with E-state index in [1.165, 1.54) is 7.11 Å². The predicted octanol–water partition coefficient (Wildman–Crippen LogP) is 4.08. The molecule has 1 rings (SSSR count). The van der Waals surface area contributed by atoms with E-state index in [1.54, 1.807) is 6.07 Å². The number of hydrogen-bond acceptors (Lipinski definition) is 2. The first-order chi connectivity index (χ1) is 8.98. The Hall–Kier alpha value is -1.23. The van der Waals surface area contributed by atoms with Crippen LogP contribution < -0.4 is 10.1 Å². The van der Waals surface area contributed by atoms with E-state index in [9.17, 15) is 13.2 Å². The van der Waals surface area contributed by atoms with E-state index in [0.29, 0.717) is 12.3 Å². The Labute approximate surface area is 112 Å². The quantitative estimate of drug-likeness (QED) is 0.809. The summed E-state index contributed by atoms with van der Waals surface area (Å²) in [5.41, 5.74) is 0.780. The van der Waals surface area contributed by atoms with Gasteiger partial charge in [-0.05, 0) is 25.5 Å². The van der Waals surface area contributed by atoms with Crippen molar-refractivity contribution in [2.75, 3.05) is 13.7 Å². The van der Waals surface area contributed by atoms with Crippen LogP contribution >= 0.6 is 0 Å². The number of halogens is 3. The second-order valence-corrected chi connectivity index (χ2v) is 4.40. The van der Waals surface area contributed by atoms with Crippen LogP contribution in [0.4, 0.5) is 13.2 Å². The summed E-state index contributed by atoms with van der Waals surface area (Å²) in [6.07, 6.45) is -4.04. The fraction of sp³-hybridized carbons (Fsp3) is 0.571. The third kappa shape index (κ3) is 5.51. The fourth-order valence-electron chi connectivity index (χ4n) is 1.95. The minimum Gasteiger partial charge on any atom is -0.496 e. The van der Waals surface area contributed by atoms with Crippen LogP contribution in [0.5, 0.6) is 5.75 Å². The van der Waals surface area contributed by atoms with Crippen molar-refractivity contribution >= 4 is 0 Å². The topological polar surface area (TPSA) is 21.3 Å². The molecule has 0 heterocycles. The number of alkyl halides is 3. The fourth-order valence-corrected chi connectivity index (χ4v) is 1.95. The molecule has 1 unspecified atom stereocenters. The first kappa shape index (κ1) is 15.8. The van der Waals surface area contributed by atoms with Crippen molar-refractivity contribution in [3.05, 3.63) is 29.8 Å². The molecule has 0 aromatic heterocycles. The molecule has 0 saturated carbocycles. The van der Waals surface area contributed by atoms with Crippen molar-refractivity contribution in [3.8, 4) is 5.75 Å². The van der Waals surface area contributed by atoms with Crippen LogP contribution in [0.1, 0.15) is 37.8 Å². The van der Waals surface area contributed by atoms with Gasteiger partial charge in [0.2, 0.25) is 0 Å². The Bertz CT molecular complexity index is 379. The molecule has 1 aromatic carbocycles. The highest BCUT2D eigenvalue weighted by Crippen LogP contribution is 2.31. The lowest BCUT2D eigenvalue weighted by atomic mass is 10.0. The lowest BCUT2D eigenvalue weighted by Crippen LogP contribution is -2.24. The summed E-state index contributed by atoms with van der Waals surface area (Å²) in [6.45, 7) is 2.66. The number of ether oxygens (including phenoxy) is 1. The maximum atomic E-state index is 12.4. The van der Waals surface area contributed by atoms with Crippen molar-refractivity contribution in [1.82, 2.24) is 5.32 Å². The summed E-state index contributed by atoms with van der Waals surface area (Å²) < 4.78 is 42.3. The summed E-state index contributed by atoms with van der Waals surface area (Å²) in [5.74, 6) is 0.623. The van der Waals surface area contributed by atoms with Gasteiger partial charge in [0.1, 0.15) is 5.75 Å². The number of hydrogen-bond donors (Lipinski definition) is 1. The minimum atomic E-state index is -4.13. The molecule has 1 atom stereocenters.